The summed E-state index contributed by atoms with van der Waals surface area (Å²) < 4.78 is 12.8. The molecule has 0 aliphatic carbocycles. The Kier molecular flexibility index (Phi) is 5.29. The molecule has 2 rings (SSSR count). The van der Waals surface area contributed by atoms with Gasteiger partial charge in [0.25, 0.3) is 0 Å². The number of hydrogen-bond acceptors (Lipinski definition) is 2. The molecular formula is C16H17FN2O2. The van der Waals surface area contributed by atoms with E-state index >= 15 is 0 Å². The summed E-state index contributed by atoms with van der Waals surface area (Å²) in [4.78, 5) is 11.6. The second kappa shape index (κ2) is 7.40. The van der Waals surface area contributed by atoms with Gasteiger partial charge in [0.05, 0.1) is 6.10 Å². The summed E-state index contributed by atoms with van der Waals surface area (Å²) in [6.07, 6.45) is -0.868. The van der Waals surface area contributed by atoms with Crippen LogP contribution in [0.2, 0.25) is 0 Å². The molecule has 0 aliphatic rings. The first-order valence-corrected chi connectivity index (χ1v) is 6.64. The molecule has 21 heavy (non-hydrogen) atoms. The number of benzene rings is 2. The highest BCUT2D eigenvalue weighted by atomic mass is 19.1. The van der Waals surface area contributed by atoms with Crippen LogP contribution < -0.4 is 10.6 Å². The first-order chi connectivity index (χ1) is 10.1. The first-order valence-electron chi connectivity index (χ1n) is 6.64. The van der Waals surface area contributed by atoms with Gasteiger partial charge in [-0.2, -0.15) is 0 Å². The second-order valence-corrected chi connectivity index (χ2v) is 4.62. The highest BCUT2D eigenvalue weighted by molar-refractivity contribution is 5.73. The molecule has 0 saturated heterocycles. The maximum absolute atomic E-state index is 12.8. The molecule has 0 radical (unpaired) electrons. The molecule has 1 atom stereocenters. The van der Waals surface area contributed by atoms with Gasteiger partial charge in [-0.05, 0) is 23.3 Å². The molecular weight excluding hydrogens is 271 g/mol. The Balaban J connectivity index is 1.74. The Bertz CT molecular complexity index is 573. The minimum Gasteiger partial charge on any atom is -0.387 e. The zero-order valence-corrected chi connectivity index (χ0v) is 11.4. The average molecular weight is 288 g/mol. The van der Waals surface area contributed by atoms with E-state index in [1.165, 1.54) is 24.3 Å². The number of aliphatic hydroxyl groups excluding tert-OH is 1. The van der Waals surface area contributed by atoms with Crippen LogP contribution in [-0.2, 0) is 6.54 Å². The van der Waals surface area contributed by atoms with E-state index in [2.05, 4.69) is 10.6 Å². The molecule has 2 amide bonds. The molecule has 0 aromatic heterocycles. The lowest BCUT2D eigenvalue weighted by atomic mass is 10.1. The van der Waals surface area contributed by atoms with Crippen molar-refractivity contribution in [2.24, 2.45) is 0 Å². The lowest BCUT2D eigenvalue weighted by molar-refractivity contribution is 0.173. The third-order valence-corrected chi connectivity index (χ3v) is 3.01. The number of nitrogens with one attached hydrogen (secondary N) is 2. The fourth-order valence-electron chi connectivity index (χ4n) is 1.83. The molecule has 0 aliphatic heterocycles. The fraction of sp³-hybridized carbons (Fsp3) is 0.188. The van der Waals surface area contributed by atoms with Gasteiger partial charge in [-0.25, -0.2) is 9.18 Å². The Morgan fingerprint density at radius 2 is 1.71 bits per heavy atom. The number of amides is 2. The van der Waals surface area contributed by atoms with Crippen molar-refractivity contribution < 1.29 is 14.3 Å². The van der Waals surface area contributed by atoms with Gasteiger partial charge >= 0.3 is 6.03 Å². The summed E-state index contributed by atoms with van der Waals surface area (Å²) in [5, 5.41) is 15.1. The van der Waals surface area contributed by atoms with Crippen molar-refractivity contribution in [1.82, 2.24) is 10.6 Å². The monoisotopic (exact) mass is 288 g/mol. The lowest BCUT2D eigenvalue weighted by Gasteiger charge is -2.13. The minimum absolute atomic E-state index is 0.0618. The third kappa shape index (κ3) is 4.89. The largest absolute Gasteiger partial charge is 0.387 e. The molecule has 0 heterocycles. The predicted octanol–water partition coefficient (Wildman–Crippen LogP) is 2.36. The summed E-state index contributed by atoms with van der Waals surface area (Å²) in [7, 11) is 0. The maximum Gasteiger partial charge on any atom is 0.315 e. The number of aliphatic hydroxyl groups is 1. The van der Waals surface area contributed by atoms with Crippen LogP contribution in [0.1, 0.15) is 17.2 Å². The summed E-state index contributed by atoms with van der Waals surface area (Å²) in [6, 6.07) is 14.7. The molecule has 0 saturated carbocycles. The van der Waals surface area contributed by atoms with Crippen molar-refractivity contribution in [3.05, 3.63) is 71.5 Å². The number of rotatable bonds is 5. The molecule has 0 bridgehead atoms. The highest BCUT2D eigenvalue weighted by Crippen LogP contribution is 2.12. The molecule has 1 unspecified atom stereocenters. The van der Waals surface area contributed by atoms with Gasteiger partial charge in [0.1, 0.15) is 5.82 Å². The molecule has 5 heteroatoms. The van der Waals surface area contributed by atoms with Gasteiger partial charge in [-0.1, -0.05) is 42.5 Å². The molecule has 4 nitrogen and oxygen atoms in total. The number of halogens is 1. The smallest absolute Gasteiger partial charge is 0.315 e. The van der Waals surface area contributed by atoms with E-state index in [1.54, 1.807) is 0 Å². The van der Waals surface area contributed by atoms with E-state index in [9.17, 15) is 14.3 Å². The van der Waals surface area contributed by atoms with Crippen molar-refractivity contribution in [2.45, 2.75) is 12.6 Å². The molecule has 110 valence electrons. The predicted molar refractivity (Wildman–Crippen MR) is 78.0 cm³/mol. The molecule has 2 aromatic carbocycles. The fourth-order valence-corrected chi connectivity index (χ4v) is 1.83. The van der Waals surface area contributed by atoms with Crippen molar-refractivity contribution in [3.8, 4) is 0 Å². The third-order valence-electron chi connectivity index (χ3n) is 3.01. The zero-order valence-electron chi connectivity index (χ0n) is 11.4. The van der Waals surface area contributed by atoms with E-state index in [0.29, 0.717) is 12.1 Å². The number of carbonyl (C=O) groups is 1. The number of urea groups is 1. The van der Waals surface area contributed by atoms with E-state index in [4.69, 9.17) is 0 Å². The van der Waals surface area contributed by atoms with Crippen LogP contribution in [0.25, 0.3) is 0 Å². The van der Waals surface area contributed by atoms with Gasteiger partial charge in [-0.15, -0.1) is 0 Å². The van der Waals surface area contributed by atoms with Crippen molar-refractivity contribution in [1.29, 1.82) is 0 Å². The standard InChI is InChI=1S/C16H17FN2O2/c17-14-8-6-13(7-9-14)15(20)11-19-16(21)18-10-12-4-2-1-3-5-12/h1-9,15,20H,10-11H2,(H2,18,19,21). The van der Waals surface area contributed by atoms with Gasteiger partial charge in [0.2, 0.25) is 0 Å². The Morgan fingerprint density at radius 1 is 1.05 bits per heavy atom. The lowest BCUT2D eigenvalue weighted by Crippen LogP contribution is -2.37. The quantitative estimate of drug-likeness (QED) is 0.791. The Labute approximate surface area is 122 Å². The Hall–Kier alpha value is -2.40. The van der Waals surface area contributed by atoms with Crippen molar-refractivity contribution in [3.63, 3.8) is 0 Å². The Morgan fingerprint density at radius 3 is 2.38 bits per heavy atom. The van der Waals surface area contributed by atoms with Crippen LogP contribution in [0.3, 0.4) is 0 Å². The average Bonchev–Trinajstić information content (AvgIpc) is 2.52. The van der Waals surface area contributed by atoms with Crippen LogP contribution in [0.5, 0.6) is 0 Å². The summed E-state index contributed by atoms with van der Waals surface area (Å²) in [6.45, 7) is 0.478. The SMILES string of the molecule is O=C(NCc1ccccc1)NCC(O)c1ccc(F)cc1. The van der Waals surface area contributed by atoms with Crippen LogP contribution in [-0.4, -0.2) is 17.7 Å². The van der Waals surface area contributed by atoms with Gasteiger partial charge in [-0.3, -0.25) is 0 Å². The van der Waals surface area contributed by atoms with Gasteiger partial charge in [0.15, 0.2) is 0 Å². The summed E-state index contributed by atoms with van der Waals surface area (Å²) in [5.41, 5.74) is 1.55. The topological polar surface area (TPSA) is 61.4 Å². The maximum atomic E-state index is 12.8. The second-order valence-electron chi connectivity index (χ2n) is 4.62. The zero-order chi connectivity index (χ0) is 15.1. The van der Waals surface area contributed by atoms with Gasteiger partial charge < -0.3 is 15.7 Å². The number of hydrogen-bond donors (Lipinski definition) is 3. The van der Waals surface area contributed by atoms with Crippen LogP contribution in [0.4, 0.5) is 9.18 Å². The van der Waals surface area contributed by atoms with Crippen molar-refractivity contribution in [2.75, 3.05) is 6.54 Å². The van der Waals surface area contributed by atoms with Gasteiger partial charge in [0, 0.05) is 13.1 Å². The van der Waals surface area contributed by atoms with Crippen LogP contribution in [0, 0.1) is 5.82 Å². The molecule has 3 N–H and O–H groups in total. The molecule has 2 aromatic rings. The summed E-state index contributed by atoms with van der Waals surface area (Å²) >= 11 is 0. The van der Waals surface area contributed by atoms with E-state index in [1.807, 2.05) is 30.3 Å². The van der Waals surface area contributed by atoms with Crippen molar-refractivity contribution >= 4 is 6.03 Å². The first kappa shape index (κ1) is 15.0. The minimum atomic E-state index is -0.868. The number of carbonyl (C=O) groups excluding carboxylic acids is 1. The van der Waals surface area contributed by atoms with E-state index < -0.39 is 6.10 Å². The normalized spacial score (nSPS) is 11.7. The summed E-state index contributed by atoms with van der Waals surface area (Å²) in [5.74, 6) is -0.362. The molecule has 0 spiro atoms. The van der Waals surface area contributed by atoms with Crippen LogP contribution in [0.15, 0.2) is 54.6 Å². The van der Waals surface area contributed by atoms with E-state index in [0.717, 1.165) is 5.56 Å². The highest BCUT2D eigenvalue weighted by Gasteiger charge is 2.09. The van der Waals surface area contributed by atoms with Crippen LogP contribution >= 0.6 is 0 Å². The van der Waals surface area contributed by atoms with E-state index in [-0.39, 0.29) is 18.4 Å². The molecule has 0 fully saturated rings.